The average molecular weight is 430 g/mol. The standard InChI is InChI=1S/C23H22N6O3/c30-22(16-4-2-1-3-5-16)27-8-10-28(11-9-27)23-25-21(32-26-23)17-6-7-18-13-24-29(20(18)12-17)19-14-31-15-19/h1-7,12-13,19H,8-11,14-15H2. The summed E-state index contributed by atoms with van der Waals surface area (Å²) in [7, 11) is 0. The first-order valence-corrected chi connectivity index (χ1v) is 10.7. The Kier molecular flexibility index (Phi) is 4.61. The number of piperazine rings is 1. The highest BCUT2D eigenvalue weighted by Crippen LogP contribution is 2.28. The lowest BCUT2D eigenvalue weighted by Crippen LogP contribution is -2.49. The number of fused-ring (bicyclic) bond motifs is 1. The fourth-order valence-electron chi connectivity index (χ4n) is 4.16. The molecule has 2 aromatic carbocycles. The molecule has 1 amide bonds. The van der Waals surface area contributed by atoms with Crippen LogP contribution >= 0.6 is 0 Å². The monoisotopic (exact) mass is 430 g/mol. The van der Waals surface area contributed by atoms with Gasteiger partial charge in [0.15, 0.2) is 0 Å². The first kappa shape index (κ1) is 19.0. The van der Waals surface area contributed by atoms with Crippen LogP contribution in [-0.2, 0) is 4.74 Å². The third kappa shape index (κ3) is 3.31. The maximum absolute atomic E-state index is 12.7. The van der Waals surface area contributed by atoms with Crippen molar-refractivity contribution in [2.24, 2.45) is 0 Å². The normalized spacial score (nSPS) is 17.0. The van der Waals surface area contributed by atoms with Crippen molar-refractivity contribution in [3.05, 3.63) is 60.3 Å². The Hall–Kier alpha value is -3.72. The van der Waals surface area contributed by atoms with E-state index in [0.29, 0.717) is 56.8 Å². The van der Waals surface area contributed by atoms with Crippen molar-refractivity contribution in [1.82, 2.24) is 24.8 Å². The molecule has 0 saturated carbocycles. The lowest BCUT2D eigenvalue weighted by Gasteiger charge is -2.33. The maximum atomic E-state index is 12.7. The molecule has 2 saturated heterocycles. The van der Waals surface area contributed by atoms with E-state index in [1.807, 2.05) is 64.3 Å². The maximum Gasteiger partial charge on any atom is 0.266 e. The Morgan fingerprint density at radius 3 is 2.56 bits per heavy atom. The Bertz CT molecular complexity index is 1260. The minimum Gasteiger partial charge on any atom is -0.377 e. The lowest BCUT2D eigenvalue weighted by atomic mass is 10.1. The molecule has 9 heteroatoms. The zero-order chi connectivity index (χ0) is 21.5. The minimum absolute atomic E-state index is 0.0563. The third-order valence-electron chi connectivity index (χ3n) is 6.10. The molecule has 2 aliphatic heterocycles. The number of benzene rings is 2. The van der Waals surface area contributed by atoms with Gasteiger partial charge in [-0.1, -0.05) is 24.3 Å². The second-order valence-corrected chi connectivity index (χ2v) is 8.10. The van der Waals surface area contributed by atoms with Gasteiger partial charge in [0.05, 0.1) is 31.0 Å². The van der Waals surface area contributed by atoms with E-state index in [9.17, 15) is 4.79 Å². The number of amides is 1. The highest BCUT2D eigenvalue weighted by Gasteiger charge is 2.26. The smallest absolute Gasteiger partial charge is 0.266 e. The van der Waals surface area contributed by atoms with Crippen molar-refractivity contribution in [2.75, 3.05) is 44.3 Å². The number of nitrogens with zero attached hydrogens (tertiary/aromatic N) is 6. The quantitative estimate of drug-likeness (QED) is 0.492. The van der Waals surface area contributed by atoms with Crippen LogP contribution in [0.25, 0.3) is 22.4 Å². The van der Waals surface area contributed by atoms with E-state index in [0.717, 1.165) is 16.5 Å². The van der Waals surface area contributed by atoms with Crippen LogP contribution in [0, 0.1) is 0 Å². The largest absolute Gasteiger partial charge is 0.377 e. The van der Waals surface area contributed by atoms with Crippen molar-refractivity contribution in [1.29, 1.82) is 0 Å². The average Bonchev–Trinajstić information content (AvgIpc) is 3.46. The van der Waals surface area contributed by atoms with Crippen LogP contribution in [0.2, 0.25) is 0 Å². The molecule has 0 spiro atoms. The molecule has 162 valence electrons. The van der Waals surface area contributed by atoms with Crippen LogP contribution < -0.4 is 4.90 Å². The van der Waals surface area contributed by atoms with E-state index in [-0.39, 0.29) is 11.9 Å². The molecule has 4 aromatic rings. The molecule has 0 unspecified atom stereocenters. The van der Waals surface area contributed by atoms with E-state index < -0.39 is 0 Å². The Balaban J connectivity index is 1.17. The summed E-state index contributed by atoms with van der Waals surface area (Å²) in [5.74, 6) is 1.08. The summed E-state index contributed by atoms with van der Waals surface area (Å²) in [6, 6.07) is 15.7. The summed E-state index contributed by atoms with van der Waals surface area (Å²) in [4.78, 5) is 21.2. The molecule has 2 aliphatic rings. The van der Waals surface area contributed by atoms with E-state index in [4.69, 9.17) is 9.26 Å². The van der Waals surface area contributed by atoms with Crippen molar-refractivity contribution in [3.63, 3.8) is 0 Å². The summed E-state index contributed by atoms with van der Waals surface area (Å²) >= 11 is 0. The number of rotatable bonds is 4. The van der Waals surface area contributed by atoms with Crippen LogP contribution in [-0.4, -0.2) is 70.1 Å². The number of hydrogen-bond donors (Lipinski definition) is 0. The van der Waals surface area contributed by atoms with Crippen LogP contribution in [0.5, 0.6) is 0 Å². The Morgan fingerprint density at radius 1 is 1.00 bits per heavy atom. The summed E-state index contributed by atoms with van der Waals surface area (Å²) in [5.41, 5.74) is 2.60. The lowest BCUT2D eigenvalue weighted by molar-refractivity contribution is -0.0266. The van der Waals surface area contributed by atoms with Crippen molar-refractivity contribution in [3.8, 4) is 11.5 Å². The highest BCUT2D eigenvalue weighted by atomic mass is 16.5. The number of carbonyl (C=O) groups excluding carboxylic acids is 1. The molecule has 0 radical (unpaired) electrons. The Labute approximate surface area is 184 Å². The first-order chi connectivity index (χ1) is 15.8. The summed E-state index contributed by atoms with van der Waals surface area (Å²) in [6.45, 7) is 3.92. The van der Waals surface area contributed by atoms with Gasteiger partial charge in [-0.3, -0.25) is 9.48 Å². The zero-order valence-corrected chi connectivity index (χ0v) is 17.4. The van der Waals surface area contributed by atoms with Gasteiger partial charge in [-0.2, -0.15) is 10.1 Å². The summed E-state index contributed by atoms with van der Waals surface area (Å²) < 4.78 is 12.9. The van der Waals surface area contributed by atoms with Gasteiger partial charge in [0.1, 0.15) is 0 Å². The predicted octanol–water partition coefficient (Wildman–Crippen LogP) is 2.62. The van der Waals surface area contributed by atoms with Gasteiger partial charge < -0.3 is 19.1 Å². The van der Waals surface area contributed by atoms with Gasteiger partial charge in [0, 0.05) is 42.7 Å². The third-order valence-corrected chi connectivity index (χ3v) is 6.10. The van der Waals surface area contributed by atoms with Crippen LogP contribution in [0.15, 0.2) is 59.3 Å². The van der Waals surface area contributed by atoms with Gasteiger partial charge in [-0.05, 0) is 29.4 Å². The number of anilines is 1. The molecule has 4 heterocycles. The molecule has 2 fully saturated rings. The Morgan fingerprint density at radius 2 is 1.81 bits per heavy atom. The molecular formula is C23H22N6O3. The fraction of sp³-hybridized carbons (Fsp3) is 0.304. The number of hydrogen-bond acceptors (Lipinski definition) is 7. The zero-order valence-electron chi connectivity index (χ0n) is 17.4. The molecule has 0 N–H and O–H groups in total. The van der Waals surface area contributed by atoms with Gasteiger partial charge in [0.25, 0.3) is 17.7 Å². The van der Waals surface area contributed by atoms with Crippen LogP contribution in [0.1, 0.15) is 16.4 Å². The second kappa shape index (κ2) is 7.76. The number of ether oxygens (including phenoxy) is 1. The second-order valence-electron chi connectivity index (χ2n) is 8.10. The topological polar surface area (TPSA) is 89.5 Å². The van der Waals surface area contributed by atoms with Gasteiger partial charge in [0.2, 0.25) is 0 Å². The van der Waals surface area contributed by atoms with Gasteiger partial charge >= 0.3 is 0 Å². The predicted molar refractivity (Wildman–Crippen MR) is 117 cm³/mol. The molecule has 6 rings (SSSR count). The van der Waals surface area contributed by atoms with Gasteiger partial charge in [-0.15, -0.1) is 0 Å². The molecule has 9 nitrogen and oxygen atoms in total. The number of aromatic nitrogens is 4. The summed E-state index contributed by atoms with van der Waals surface area (Å²) in [6.07, 6.45) is 1.87. The molecule has 0 bridgehead atoms. The van der Waals surface area contributed by atoms with E-state index in [1.165, 1.54) is 0 Å². The van der Waals surface area contributed by atoms with Crippen molar-refractivity contribution in [2.45, 2.75) is 6.04 Å². The van der Waals surface area contributed by atoms with Crippen molar-refractivity contribution < 1.29 is 14.1 Å². The summed E-state index contributed by atoms with van der Waals surface area (Å²) in [5, 5.41) is 9.76. The van der Waals surface area contributed by atoms with Gasteiger partial charge in [-0.25, -0.2) is 0 Å². The van der Waals surface area contributed by atoms with Crippen LogP contribution in [0.4, 0.5) is 5.95 Å². The highest BCUT2D eigenvalue weighted by molar-refractivity contribution is 5.94. The minimum atomic E-state index is 0.0563. The molecular weight excluding hydrogens is 408 g/mol. The van der Waals surface area contributed by atoms with Crippen LogP contribution in [0.3, 0.4) is 0 Å². The van der Waals surface area contributed by atoms with E-state index in [2.05, 4.69) is 20.1 Å². The van der Waals surface area contributed by atoms with Crippen molar-refractivity contribution >= 4 is 22.8 Å². The number of carbonyl (C=O) groups is 1. The molecule has 32 heavy (non-hydrogen) atoms. The first-order valence-electron chi connectivity index (χ1n) is 10.7. The molecule has 0 atom stereocenters. The molecule has 0 aliphatic carbocycles. The molecule has 2 aromatic heterocycles. The van der Waals surface area contributed by atoms with E-state index in [1.54, 1.807) is 0 Å². The van der Waals surface area contributed by atoms with E-state index >= 15 is 0 Å². The SMILES string of the molecule is O=C(c1ccccc1)N1CCN(c2noc(-c3ccc4cnn(C5COC5)c4c3)n2)CC1. The fourth-order valence-corrected chi connectivity index (χ4v) is 4.16.